The van der Waals surface area contributed by atoms with Gasteiger partial charge >= 0.3 is 0 Å². The Hall–Kier alpha value is 0.570. The fourth-order valence-corrected chi connectivity index (χ4v) is 1.02. The van der Waals surface area contributed by atoms with Crippen LogP contribution >= 0.6 is 22.6 Å². The van der Waals surface area contributed by atoms with Crippen LogP contribution in [0.4, 0.5) is 0 Å². The molecule has 0 bridgehead atoms. The molecular formula is C7H18IN3O. The van der Waals surface area contributed by atoms with Crippen LogP contribution in [0.3, 0.4) is 0 Å². The van der Waals surface area contributed by atoms with Gasteiger partial charge in [0.05, 0.1) is 10.7 Å². The highest BCUT2D eigenvalue weighted by Gasteiger charge is 1.98. The molecule has 0 heterocycles. The molecule has 0 radical (unpaired) electrons. The van der Waals surface area contributed by atoms with Crippen molar-refractivity contribution in [2.24, 2.45) is 5.73 Å². The predicted molar refractivity (Wildman–Crippen MR) is 59.4 cm³/mol. The Morgan fingerprint density at radius 2 is 2.17 bits per heavy atom. The number of nitrogens with one attached hydrogen (secondary N) is 2. The third-order valence-electron chi connectivity index (χ3n) is 1.37. The van der Waals surface area contributed by atoms with Crippen LogP contribution in [0.15, 0.2) is 0 Å². The van der Waals surface area contributed by atoms with Crippen LogP contribution in [-0.4, -0.2) is 41.4 Å². The lowest BCUT2D eigenvalue weighted by molar-refractivity contribution is 0.262. The molecule has 0 aromatic heterocycles. The van der Waals surface area contributed by atoms with E-state index in [9.17, 15) is 0 Å². The zero-order valence-electron chi connectivity index (χ0n) is 7.39. The van der Waals surface area contributed by atoms with Gasteiger partial charge in [0.1, 0.15) is 0 Å². The quantitative estimate of drug-likeness (QED) is 0.216. The molecule has 0 spiro atoms. The first kappa shape index (κ1) is 12.6. The minimum absolute atomic E-state index is 0.0448. The van der Waals surface area contributed by atoms with Gasteiger partial charge in [-0.05, 0) is 6.92 Å². The van der Waals surface area contributed by atoms with Gasteiger partial charge in [-0.3, -0.25) is 0 Å². The molecule has 0 fully saturated rings. The zero-order valence-corrected chi connectivity index (χ0v) is 9.54. The van der Waals surface area contributed by atoms with Crippen LogP contribution in [0.25, 0.3) is 0 Å². The third-order valence-corrected chi connectivity index (χ3v) is 1.81. The number of nitrogens with two attached hydrogens (primary N) is 1. The molecule has 74 valence electrons. The Bertz CT molecular complexity index is 103. The van der Waals surface area contributed by atoms with E-state index in [4.69, 9.17) is 10.8 Å². The lowest BCUT2D eigenvalue weighted by Gasteiger charge is -2.10. The normalized spacial score (nSPS) is 16.0. The van der Waals surface area contributed by atoms with Gasteiger partial charge in [-0.1, -0.05) is 22.6 Å². The van der Waals surface area contributed by atoms with Crippen molar-refractivity contribution in [2.45, 2.75) is 17.0 Å². The van der Waals surface area contributed by atoms with Crippen LogP contribution in [0.2, 0.25) is 0 Å². The molecule has 2 unspecified atom stereocenters. The molecular weight excluding hydrogens is 269 g/mol. The molecule has 0 aromatic carbocycles. The third kappa shape index (κ3) is 8.66. The highest BCUT2D eigenvalue weighted by molar-refractivity contribution is 14.1. The molecule has 0 aromatic rings. The summed E-state index contributed by atoms with van der Waals surface area (Å²) in [5.41, 5.74) is 5.48. The molecule has 0 rings (SSSR count). The van der Waals surface area contributed by atoms with Crippen molar-refractivity contribution < 1.29 is 5.11 Å². The lowest BCUT2D eigenvalue weighted by atomic mass is 10.3. The van der Waals surface area contributed by atoms with Gasteiger partial charge in [-0.25, -0.2) is 0 Å². The summed E-state index contributed by atoms with van der Waals surface area (Å²) in [6.45, 7) is 4.64. The molecule has 5 N–H and O–H groups in total. The van der Waals surface area contributed by atoms with Crippen molar-refractivity contribution in [2.75, 3.05) is 26.2 Å². The largest absolute Gasteiger partial charge is 0.395 e. The number of aliphatic hydroxyl groups excluding tert-OH is 1. The van der Waals surface area contributed by atoms with Crippen LogP contribution in [-0.2, 0) is 0 Å². The van der Waals surface area contributed by atoms with Gasteiger partial charge in [-0.2, -0.15) is 0 Å². The maximum Gasteiger partial charge on any atom is 0.0594 e. The van der Waals surface area contributed by atoms with Crippen LogP contribution in [0, 0.1) is 0 Å². The van der Waals surface area contributed by atoms with E-state index in [-0.39, 0.29) is 12.6 Å². The first-order chi connectivity index (χ1) is 5.66. The highest BCUT2D eigenvalue weighted by Crippen LogP contribution is 1.89. The highest BCUT2D eigenvalue weighted by atomic mass is 127. The first-order valence-electron chi connectivity index (χ1n) is 4.11. The molecule has 0 aliphatic heterocycles. The summed E-state index contributed by atoms with van der Waals surface area (Å²) in [5, 5.41) is 15.0. The van der Waals surface area contributed by atoms with Gasteiger partial charge in [0.25, 0.3) is 0 Å². The smallest absolute Gasteiger partial charge is 0.0594 e. The standard InChI is InChI=1S/C7H18IN3O/c1-6(8)11-3-2-10-4-7(9)5-12/h6-7,10-12H,2-5,9H2,1H3. The minimum atomic E-state index is -0.137. The fraction of sp³-hybridized carbons (Fsp3) is 1.00. The molecule has 4 nitrogen and oxygen atoms in total. The number of hydrogen-bond donors (Lipinski definition) is 4. The Morgan fingerprint density at radius 3 is 2.67 bits per heavy atom. The van der Waals surface area contributed by atoms with Crippen LogP contribution in [0.5, 0.6) is 0 Å². The van der Waals surface area contributed by atoms with Gasteiger partial charge in [0.15, 0.2) is 0 Å². The predicted octanol–water partition coefficient (Wildman–Crippen LogP) is -0.734. The van der Waals surface area contributed by atoms with E-state index >= 15 is 0 Å². The van der Waals surface area contributed by atoms with E-state index < -0.39 is 0 Å². The van der Waals surface area contributed by atoms with Gasteiger partial charge < -0.3 is 21.5 Å². The minimum Gasteiger partial charge on any atom is -0.395 e. The Balaban J connectivity index is 3.00. The molecule has 0 aliphatic carbocycles. The molecule has 12 heavy (non-hydrogen) atoms. The molecule has 0 saturated heterocycles. The van der Waals surface area contributed by atoms with E-state index in [0.29, 0.717) is 10.6 Å². The number of hydrogen-bond acceptors (Lipinski definition) is 4. The summed E-state index contributed by atoms with van der Waals surface area (Å²) in [5.74, 6) is 0. The molecule has 2 atom stereocenters. The van der Waals surface area contributed by atoms with E-state index in [2.05, 4.69) is 40.1 Å². The fourth-order valence-electron chi connectivity index (χ4n) is 0.711. The summed E-state index contributed by atoms with van der Waals surface area (Å²) < 4.78 is 0.496. The lowest BCUT2D eigenvalue weighted by Crippen LogP contribution is -2.39. The van der Waals surface area contributed by atoms with Gasteiger partial charge in [0.2, 0.25) is 0 Å². The molecule has 0 amide bonds. The van der Waals surface area contributed by atoms with Crippen molar-refractivity contribution in [1.82, 2.24) is 10.6 Å². The van der Waals surface area contributed by atoms with Crippen molar-refractivity contribution in [3.8, 4) is 0 Å². The maximum absolute atomic E-state index is 8.60. The van der Waals surface area contributed by atoms with Crippen molar-refractivity contribution in [1.29, 1.82) is 0 Å². The second-order valence-corrected chi connectivity index (χ2v) is 4.59. The summed E-state index contributed by atoms with van der Waals surface area (Å²) in [7, 11) is 0. The Labute approximate surface area is 87.4 Å². The summed E-state index contributed by atoms with van der Waals surface area (Å²) in [4.78, 5) is 0. The van der Waals surface area contributed by atoms with Crippen LogP contribution in [0.1, 0.15) is 6.92 Å². The topological polar surface area (TPSA) is 70.3 Å². The van der Waals surface area contributed by atoms with E-state index in [0.717, 1.165) is 13.1 Å². The second kappa shape index (κ2) is 8.18. The first-order valence-corrected chi connectivity index (χ1v) is 5.36. The van der Waals surface area contributed by atoms with Crippen molar-refractivity contribution in [3.63, 3.8) is 0 Å². The number of rotatable bonds is 7. The monoisotopic (exact) mass is 287 g/mol. The number of alkyl halides is 1. The SMILES string of the molecule is CC(I)NCCNCC(N)CO. The molecule has 5 heteroatoms. The van der Waals surface area contributed by atoms with E-state index in [1.165, 1.54) is 0 Å². The summed E-state index contributed by atoms with van der Waals surface area (Å²) >= 11 is 2.31. The Morgan fingerprint density at radius 1 is 1.50 bits per heavy atom. The van der Waals surface area contributed by atoms with E-state index in [1.54, 1.807) is 0 Å². The maximum atomic E-state index is 8.60. The molecule has 0 saturated carbocycles. The van der Waals surface area contributed by atoms with Crippen molar-refractivity contribution >= 4 is 22.6 Å². The summed E-state index contributed by atoms with van der Waals surface area (Å²) in [6, 6.07) is -0.137. The van der Waals surface area contributed by atoms with Gasteiger partial charge in [-0.15, -0.1) is 0 Å². The average molecular weight is 287 g/mol. The number of aliphatic hydroxyl groups is 1. The van der Waals surface area contributed by atoms with Crippen LogP contribution < -0.4 is 16.4 Å². The average Bonchev–Trinajstić information content (AvgIpc) is 2.03. The second-order valence-electron chi connectivity index (χ2n) is 2.72. The number of halogens is 1. The van der Waals surface area contributed by atoms with E-state index in [1.807, 2.05) is 0 Å². The molecule has 0 aliphatic rings. The zero-order chi connectivity index (χ0) is 9.40. The van der Waals surface area contributed by atoms with Crippen molar-refractivity contribution in [3.05, 3.63) is 0 Å². The Kier molecular flexibility index (Phi) is 8.57. The van der Waals surface area contributed by atoms with Gasteiger partial charge in [0, 0.05) is 25.7 Å². The summed E-state index contributed by atoms with van der Waals surface area (Å²) in [6.07, 6.45) is 0.